The molecular weight excluding hydrogens is 261 g/mol. The van der Waals surface area contributed by atoms with Crippen molar-refractivity contribution < 1.29 is 27.9 Å². The van der Waals surface area contributed by atoms with Gasteiger partial charge in [0, 0.05) is 14.2 Å². The van der Waals surface area contributed by atoms with Crippen LogP contribution in [0.5, 0.6) is 0 Å². The van der Waals surface area contributed by atoms with Crippen LogP contribution in [0.15, 0.2) is 11.0 Å². The van der Waals surface area contributed by atoms with E-state index in [0.29, 0.717) is 6.41 Å². The second-order valence-electron chi connectivity index (χ2n) is 3.02. The second-order valence-corrected chi connectivity index (χ2v) is 5.29. The van der Waals surface area contributed by atoms with Crippen molar-refractivity contribution in [3.05, 3.63) is 11.0 Å². The second kappa shape index (κ2) is 8.02. The Bertz CT molecular complexity index is 371. The van der Waals surface area contributed by atoms with Crippen LogP contribution in [0.2, 0.25) is 0 Å². The summed E-state index contributed by atoms with van der Waals surface area (Å²) in [6.45, 7) is 3.41. The molecule has 0 saturated carbocycles. The molecule has 0 aromatic heterocycles. The van der Waals surface area contributed by atoms with Gasteiger partial charge < -0.3 is 19.1 Å². The summed E-state index contributed by atoms with van der Waals surface area (Å²) in [5.41, 5.74) is -0.207. The van der Waals surface area contributed by atoms with Crippen LogP contribution in [-0.2, 0) is 27.9 Å². The van der Waals surface area contributed by atoms with E-state index in [1.54, 1.807) is 13.8 Å². The molecule has 0 radical (unpaired) electrons. The summed E-state index contributed by atoms with van der Waals surface area (Å²) in [5, 5.41) is 2.25. The summed E-state index contributed by atoms with van der Waals surface area (Å²) >= 11 is 0. The van der Waals surface area contributed by atoms with Crippen molar-refractivity contribution in [1.82, 2.24) is 5.32 Å². The van der Waals surface area contributed by atoms with Crippen LogP contribution < -0.4 is 5.32 Å². The van der Waals surface area contributed by atoms with Gasteiger partial charge in [0.25, 0.3) is 0 Å². The lowest BCUT2D eigenvalue weighted by Crippen LogP contribution is -2.23. The fourth-order valence-corrected chi connectivity index (χ4v) is 2.73. The summed E-state index contributed by atoms with van der Waals surface area (Å²) in [5.74, 6) is -0.782. The van der Waals surface area contributed by atoms with Gasteiger partial charge in [-0.05, 0) is 13.3 Å². The van der Waals surface area contributed by atoms with Crippen molar-refractivity contribution in [2.45, 2.75) is 20.3 Å². The van der Waals surface area contributed by atoms with Crippen LogP contribution in [0.25, 0.3) is 0 Å². The Morgan fingerprint density at radius 1 is 1.28 bits per heavy atom. The van der Waals surface area contributed by atoms with E-state index in [2.05, 4.69) is 5.32 Å². The topological polar surface area (TPSA) is 90.9 Å². The first-order chi connectivity index (χ1) is 8.50. The minimum absolute atomic E-state index is 0.0676. The number of allylic oxidation sites excluding steroid dienone is 1. The Hall–Kier alpha value is -1.17. The SMILES string of the molecule is CCOC(=O)/C(NC=O)=C(\CC)P(=O)(OC)OC. The van der Waals surface area contributed by atoms with Gasteiger partial charge in [-0.3, -0.25) is 9.36 Å². The van der Waals surface area contributed by atoms with Crippen LogP contribution in [0.4, 0.5) is 0 Å². The van der Waals surface area contributed by atoms with Crippen molar-refractivity contribution in [1.29, 1.82) is 0 Å². The molecular formula is C10H18NO6P. The standard InChI is InChI=1S/C10H18NO6P/c1-5-8(18(14,15-3)16-4)9(11-7-12)10(13)17-6-2/h7H,5-6H2,1-4H3,(H,11,12)/b9-8-. The van der Waals surface area contributed by atoms with E-state index in [-0.39, 0.29) is 24.0 Å². The molecule has 8 heteroatoms. The third-order valence-corrected chi connectivity index (χ3v) is 4.28. The highest BCUT2D eigenvalue weighted by Gasteiger charge is 2.32. The summed E-state index contributed by atoms with van der Waals surface area (Å²) in [6, 6.07) is 0. The van der Waals surface area contributed by atoms with E-state index < -0.39 is 13.6 Å². The van der Waals surface area contributed by atoms with E-state index >= 15 is 0 Å². The number of ether oxygens (including phenoxy) is 1. The average molecular weight is 279 g/mol. The van der Waals surface area contributed by atoms with Gasteiger partial charge in [0.1, 0.15) is 5.70 Å². The Balaban J connectivity index is 5.69. The molecule has 7 nitrogen and oxygen atoms in total. The van der Waals surface area contributed by atoms with Crippen LogP contribution in [0.1, 0.15) is 20.3 Å². The molecule has 0 heterocycles. The molecule has 0 aromatic rings. The molecule has 0 aliphatic rings. The predicted octanol–water partition coefficient (Wildman–Crippen LogP) is 1.40. The maximum absolute atomic E-state index is 12.2. The lowest BCUT2D eigenvalue weighted by molar-refractivity contribution is -0.139. The number of carbonyl (C=O) groups is 2. The van der Waals surface area contributed by atoms with Gasteiger partial charge in [-0.15, -0.1) is 0 Å². The fourth-order valence-electron chi connectivity index (χ4n) is 1.32. The molecule has 0 rings (SSSR count). The molecule has 0 unspecified atom stereocenters. The van der Waals surface area contributed by atoms with Crippen LogP contribution in [-0.4, -0.2) is 33.2 Å². The smallest absolute Gasteiger partial charge is 0.359 e. The van der Waals surface area contributed by atoms with Gasteiger partial charge in [0.2, 0.25) is 6.41 Å². The molecule has 0 aromatic carbocycles. The first kappa shape index (κ1) is 16.8. The zero-order chi connectivity index (χ0) is 14.2. The zero-order valence-corrected chi connectivity index (χ0v) is 11.8. The lowest BCUT2D eigenvalue weighted by Gasteiger charge is -2.19. The van der Waals surface area contributed by atoms with Gasteiger partial charge >= 0.3 is 13.6 Å². The number of nitrogens with one attached hydrogen (secondary N) is 1. The molecule has 0 bridgehead atoms. The van der Waals surface area contributed by atoms with Crippen LogP contribution >= 0.6 is 7.60 Å². The van der Waals surface area contributed by atoms with Gasteiger partial charge in [0.15, 0.2) is 0 Å². The number of esters is 1. The highest BCUT2D eigenvalue weighted by molar-refractivity contribution is 7.58. The third kappa shape index (κ3) is 3.94. The van der Waals surface area contributed by atoms with Gasteiger partial charge in [-0.25, -0.2) is 4.79 Å². The van der Waals surface area contributed by atoms with E-state index in [4.69, 9.17) is 13.8 Å². The van der Waals surface area contributed by atoms with Crippen molar-refractivity contribution in [3.63, 3.8) is 0 Å². The van der Waals surface area contributed by atoms with E-state index in [1.807, 2.05) is 0 Å². The predicted molar refractivity (Wildman–Crippen MR) is 64.8 cm³/mol. The van der Waals surface area contributed by atoms with Crippen molar-refractivity contribution >= 4 is 20.0 Å². The molecule has 0 spiro atoms. The van der Waals surface area contributed by atoms with Gasteiger partial charge in [0.05, 0.1) is 11.9 Å². The highest BCUT2D eigenvalue weighted by Crippen LogP contribution is 2.56. The van der Waals surface area contributed by atoms with Crippen LogP contribution in [0, 0.1) is 0 Å². The largest absolute Gasteiger partial charge is 0.461 e. The fraction of sp³-hybridized carbons (Fsp3) is 0.600. The number of rotatable bonds is 8. The summed E-state index contributed by atoms with van der Waals surface area (Å²) in [4.78, 5) is 22.2. The van der Waals surface area contributed by atoms with E-state index in [9.17, 15) is 14.2 Å². The first-order valence-corrected chi connectivity index (χ1v) is 6.87. The van der Waals surface area contributed by atoms with Crippen molar-refractivity contribution in [2.24, 2.45) is 0 Å². The first-order valence-electron chi connectivity index (χ1n) is 5.33. The highest BCUT2D eigenvalue weighted by atomic mass is 31.2. The molecule has 104 valence electrons. The lowest BCUT2D eigenvalue weighted by atomic mass is 10.3. The number of carbonyl (C=O) groups excluding carboxylic acids is 2. The molecule has 0 fully saturated rings. The zero-order valence-electron chi connectivity index (χ0n) is 10.9. The molecule has 1 N–H and O–H groups in total. The minimum Gasteiger partial charge on any atom is -0.461 e. The Labute approximate surface area is 106 Å². The molecule has 0 aliphatic carbocycles. The Morgan fingerprint density at radius 2 is 1.83 bits per heavy atom. The summed E-state index contributed by atoms with van der Waals surface area (Å²) in [7, 11) is -1.20. The summed E-state index contributed by atoms with van der Waals surface area (Å²) < 4.78 is 26.6. The number of hydrogen-bond donors (Lipinski definition) is 1. The summed E-state index contributed by atoms with van der Waals surface area (Å²) in [6.07, 6.45) is 0.505. The Morgan fingerprint density at radius 3 is 2.17 bits per heavy atom. The molecule has 18 heavy (non-hydrogen) atoms. The molecule has 0 aliphatic heterocycles. The maximum Gasteiger partial charge on any atom is 0.359 e. The number of hydrogen-bond acceptors (Lipinski definition) is 6. The Kier molecular flexibility index (Phi) is 7.50. The van der Waals surface area contributed by atoms with Crippen molar-refractivity contribution in [2.75, 3.05) is 20.8 Å². The third-order valence-electron chi connectivity index (χ3n) is 2.12. The monoisotopic (exact) mass is 279 g/mol. The maximum atomic E-state index is 12.2. The molecule has 0 saturated heterocycles. The average Bonchev–Trinajstić information content (AvgIpc) is 2.38. The van der Waals surface area contributed by atoms with Crippen molar-refractivity contribution in [3.8, 4) is 0 Å². The van der Waals surface area contributed by atoms with Gasteiger partial charge in [-0.1, -0.05) is 6.92 Å². The quantitative estimate of drug-likeness (QED) is 0.312. The molecule has 0 atom stereocenters. The minimum atomic E-state index is -3.60. The van der Waals surface area contributed by atoms with E-state index in [1.165, 1.54) is 14.2 Å². The van der Waals surface area contributed by atoms with Gasteiger partial charge in [-0.2, -0.15) is 0 Å². The van der Waals surface area contributed by atoms with Crippen LogP contribution in [0.3, 0.4) is 0 Å². The normalized spacial score (nSPS) is 12.7. The molecule has 1 amide bonds. The van der Waals surface area contributed by atoms with E-state index in [0.717, 1.165) is 0 Å². The number of amides is 1.